The van der Waals surface area contributed by atoms with Crippen molar-refractivity contribution in [1.29, 1.82) is 5.26 Å². The van der Waals surface area contributed by atoms with Gasteiger partial charge in [0, 0.05) is 0 Å². The highest BCUT2D eigenvalue weighted by molar-refractivity contribution is 5.03. The molecule has 0 radical (unpaired) electrons. The van der Waals surface area contributed by atoms with Gasteiger partial charge in [0.2, 0.25) is 0 Å². The summed E-state index contributed by atoms with van der Waals surface area (Å²) in [6.07, 6.45) is 0. The van der Waals surface area contributed by atoms with Gasteiger partial charge in [-0.15, -0.1) is 0 Å². The van der Waals surface area contributed by atoms with Gasteiger partial charge in [0.25, 0.3) is 0 Å². The van der Waals surface area contributed by atoms with Crippen molar-refractivity contribution >= 4 is 0 Å². The van der Waals surface area contributed by atoms with Gasteiger partial charge in [-0.05, 0) is 0 Å². The highest BCUT2D eigenvalue weighted by atomic mass is 19.3. The lowest BCUT2D eigenvalue weighted by Gasteiger charge is -2.17. The summed E-state index contributed by atoms with van der Waals surface area (Å²) in [5, 5.41) is 7.62. The number of rotatable bonds is 1. The molecule has 52 valence electrons. The van der Waals surface area contributed by atoms with Crippen molar-refractivity contribution in [3.63, 3.8) is 0 Å². The number of alkyl halides is 3. The van der Waals surface area contributed by atoms with E-state index in [4.69, 9.17) is 5.26 Å². The van der Waals surface area contributed by atoms with Gasteiger partial charge in [-0.2, -0.15) is 14.0 Å². The second kappa shape index (κ2) is 1.86. The van der Waals surface area contributed by atoms with E-state index in [0.717, 1.165) is 0 Å². The first-order valence-corrected chi connectivity index (χ1v) is 1.87. The molecular weight excluding hydrogens is 135 g/mol. The molecule has 3 nitrogen and oxygen atoms in total. The van der Waals surface area contributed by atoms with E-state index in [-0.39, 0.29) is 0 Å². The lowest BCUT2D eigenvalue weighted by molar-refractivity contribution is -0.101. The fraction of sp³-hybridized carbons (Fsp3) is 0.667. The number of nitriles is 1. The van der Waals surface area contributed by atoms with E-state index in [0.29, 0.717) is 6.07 Å². The molecule has 1 unspecified atom stereocenters. The first-order valence-electron chi connectivity index (χ1n) is 1.87. The van der Waals surface area contributed by atoms with E-state index in [1.165, 1.54) is 0 Å². The molecule has 0 rings (SSSR count). The van der Waals surface area contributed by atoms with Crippen LogP contribution in [0.5, 0.6) is 0 Å². The largest absolute Gasteiger partial charge is 0.360 e. The summed E-state index contributed by atoms with van der Waals surface area (Å²) in [5.74, 6) is -3.77. The molecule has 0 aliphatic heterocycles. The average molecular weight is 139 g/mol. The molecule has 6 heteroatoms. The third-order valence-corrected chi connectivity index (χ3v) is 0.648. The van der Waals surface area contributed by atoms with Crippen LogP contribution in [0.1, 0.15) is 0 Å². The lowest BCUT2D eigenvalue weighted by Crippen LogP contribution is -2.56. The van der Waals surface area contributed by atoms with Crippen molar-refractivity contribution in [2.75, 3.05) is 0 Å². The molecule has 0 saturated carbocycles. The van der Waals surface area contributed by atoms with E-state index in [9.17, 15) is 13.2 Å². The number of hydrogen-bond donors (Lipinski definition) is 2. The first-order chi connectivity index (χ1) is 3.81. The molecule has 0 aromatic rings. The van der Waals surface area contributed by atoms with Gasteiger partial charge in [0.1, 0.15) is 6.07 Å². The van der Waals surface area contributed by atoms with Crippen LogP contribution in [0.4, 0.5) is 13.2 Å². The summed E-state index contributed by atoms with van der Waals surface area (Å²) in [7, 11) is 0. The molecule has 0 aliphatic carbocycles. The Labute approximate surface area is 49.0 Å². The summed E-state index contributed by atoms with van der Waals surface area (Å²) < 4.78 is 35.0. The molecule has 0 fully saturated rings. The first kappa shape index (κ1) is 8.20. The van der Waals surface area contributed by atoms with Crippen LogP contribution in [0.15, 0.2) is 0 Å². The van der Waals surface area contributed by atoms with Crippen molar-refractivity contribution in [2.45, 2.75) is 11.8 Å². The molecule has 4 N–H and O–H groups in total. The monoisotopic (exact) mass is 139 g/mol. The van der Waals surface area contributed by atoms with Crippen LogP contribution in [0.3, 0.4) is 0 Å². The topological polar surface area (TPSA) is 75.8 Å². The zero-order chi connectivity index (χ0) is 7.71. The van der Waals surface area contributed by atoms with E-state index in [1.807, 2.05) is 0 Å². The predicted octanol–water partition coefficient (Wildman–Crippen LogP) is -0.314. The fourth-order valence-electron chi connectivity index (χ4n) is 0.0745. The molecule has 0 spiro atoms. The fourth-order valence-corrected chi connectivity index (χ4v) is 0.0745. The van der Waals surface area contributed by atoms with E-state index < -0.39 is 11.8 Å². The van der Waals surface area contributed by atoms with Crippen molar-refractivity contribution in [3.8, 4) is 6.07 Å². The maximum Gasteiger partial charge on any atom is 0.360 e. The Morgan fingerprint density at radius 1 is 1.22 bits per heavy atom. The van der Waals surface area contributed by atoms with Crippen LogP contribution < -0.4 is 11.5 Å². The Kier molecular flexibility index (Phi) is 1.69. The lowest BCUT2D eigenvalue weighted by atomic mass is 10.2. The number of halogens is 3. The number of hydrogen-bond acceptors (Lipinski definition) is 3. The predicted molar refractivity (Wildman–Crippen MR) is 22.8 cm³/mol. The molecule has 0 amide bonds. The highest BCUT2D eigenvalue weighted by Crippen LogP contribution is 2.20. The van der Waals surface area contributed by atoms with Crippen LogP contribution in [0.25, 0.3) is 0 Å². The summed E-state index contributed by atoms with van der Waals surface area (Å²) in [5.41, 5.74) is 7.96. The van der Waals surface area contributed by atoms with Gasteiger partial charge in [-0.25, -0.2) is 4.39 Å². The highest BCUT2D eigenvalue weighted by Gasteiger charge is 2.49. The van der Waals surface area contributed by atoms with Gasteiger partial charge < -0.3 is 0 Å². The Balaban J connectivity index is 4.39. The van der Waals surface area contributed by atoms with Gasteiger partial charge in [-0.1, -0.05) is 0 Å². The minimum atomic E-state index is -4.30. The van der Waals surface area contributed by atoms with Crippen molar-refractivity contribution in [1.82, 2.24) is 0 Å². The maximum atomic E-state index is 11.9. The SMILES string of the molecule is N#CC(N)(F)C(N)(F)F. The molecule has 0 bridgehead atoms. The summed E-state index contributed by atoms with van der Waals surface area (Å²) in [6.45, 7) is 0. The quantitative estimate of drug-likeness (QED) is 0.489. The van der Waals surface area contributed by atoms with Crippen LogP contribution in [-0.2, 0) is 0 Å². The minimum absolute atomic E-state index is 0.517. The molecule has 1 atom stereocenters. The van der Waals surface area contributed by atoms with E-state index >= 15 is 0 Å². The standard InChI is InChI=1S/C3H4F3N3/c4-2(8,1-7)3(5,6)9/h8-9H2. The molecule has 0 aliphatic rings. The average Bonchev–Trinajstić information content (AvgIpc) is 1.64. The Bertz CT molecular complexity index is 141. The van der Waals surface area contributed by atoms with Gasteiger partial charge in [0.15, 0.2) is 0 Å². The summed E-state index contributed by atoms with van der Waals surface area (Å²) in [6, 6.07) is -3.79. The number of nitrogens with zero attached hydrogens (tertiary/aromatic N) is 1. The second-order valence-electron chi connectivity index (χ2n) is 1.45. The zero-order valence-electron chi connectivity index (χ0n) is 4.24. The van der Waals surface area contributed by atoms with Crippen molar-refractivity contribution < 1.29 is 13.2 Å². The van der Waals surface area contributed by atoms with E-state index in [1.54, 1.807) is 0 Å². The van der Waals surface area contributed by atoms with Crippen LogP contribution >= 0.6 is 0 Å². The Morgan fingerprint density at radius 2 is 1.56 bits per heavy atom. The maximum absolute atomic E-state index is 11.9. The van der Waals surface area contributed by atoms with Gasteiger partial charge in [-0.3, -0.25) is 11.5 Å². The molecule has 0 aromatic carbocycles. The summed E-state index contributed by atoms with van der Waals surface area (Å²) >= 11 is 0. The van der Waals surface area contributed by atoms with Gasteiger partial charge in [0.05, 0.1) is 0 Å². The van der Waals surface area contributed by atoms with Crippen molar-refractivity contribution in [3.05, 3.63) is 0 Å². The van der Waals surface area contributed by atoms with E-state index in [2.05, 4.69) is 11.5 Å². The second-order valence-corrected chi connectivity index (χ2v) is 1.45. The van der Waals surface area contributed by atoms with Crippen molar-refractivity contribution in [2.24, 2.45) is 11.5 Å². The molecule has 0 heterocycles. The molecular formula is C3H4F3N3. The normalized spacial score (nSPS) is 18.2. The zero-order valence-corrected chi connectivity index (χ0v) is 4.24. The molecule has 9 heavy (non-hydrogen) atoms. The smallest absolute Gasteiger partial charge is 0.280 e. The molecule has 0 saturated heterocycles. The van der Waals surface area contributed by atoms with Crippen LogP contribution in [0, 0.1) is 11.3 Å². The third kappa shape index (κ3) is 1.55. The Morgan fingerprint density at radius 3 is 1.56 bits per heavy atom. The van der Waals surface area contributed by atoms with Crippen LogP contribution in [-0.4, -0.2) is 11.8 Å². The molecule has 0 aromatic heterocycles. The van der Waals surface area contributed by atoms with Crippen LogP contribution in [0.2, 0.25) is 0 Å². The Hall–Kier alpha value is -0.800. The van der Waals surface area contributed by atoms with Gasteiger partial charge >= 0.3 is 11.8 Å². The number of nitrogens with two attached hydrogens (primary N) is 2. The summed E-state index contributed by atoms with van der Waals surface area (Å²) in [4.78, 5) is 0. The minimum Gasteiger partial charge on any atom is -0.280 e. The third-order valence-electron chi connectivity index (χ3n) is 0.648.